The van der Waals surface area contributed by atoms with Crippen LogP contribution in [-0.4, -0.2) is 19.5 Å². The van der Waals surface area contributed by atoms with Crippen LogP contribution in [0.5, 0.6) is 0 Å². The normalized spacial score (nSPS) is 12.1. The van der Waals surface area contributed by atoms with Gasteiger partial charge in [-0.2, -0.15) is 0 Å². The standard InChI is InChI=1S/C123H72N4S/c1-3-23-73(24-4-1)87-42-21-44-104-105-45-22-43-88(123(105)128-122(87)104)83-61-84(107-70-112-96-38-13-8-32-90(96)89-31-7-12-37-95(89)111(112)69-106(107)82-28-20-27-76(60-82)81-51-56-119-114(67-81)102-40-17-18-46-118(102)127(119)86-29-5-2-6-30-86)63-85(62-83)117-71-113-97-39-14-10-34-92(97)99-53-48-79(66-110(99)116(113)72-126-117)78-50-55-101-108(65-78)94-36-11-9-33-91(94)98-52-47-77(64-109(98)101)74-25-19-26-75(59-74)80-49-54-100-93-35-15-16-41-103(93)120-121(115(100)68-80)125-58-57-124-120/h1-72H. The van der Waals surface area contributed by atoms with Crippen molar-refractivity contribution in [3.05, 3.63) is 437 Å². The lowest BCUT2D eigenvalue weighted by Crippen LogP contribution is -1.93. The summed E-state index contributed by atoms with van der Waals surface area (Å²) in [4.78, 5) is 15.5. The maximum atomic E-state index is 5.74. The first-order valence-electron chi connectivity index (χ1n) is 44.0. The maximum absolute atomic E-state index is 5.74. The zero-order valence-corrected chi connectivity index (χ0v) is 70.1. The first-order chi connectivity index (χ1) is 63.4. The maximum Gasteiger partial charge on any atom is 0.0971 e. The Hall–Kier alpha value is -16.6. The molecule has 4 aromatic heterocycles. The van der Waals surface area contributed by atoms with E-state index in [1.165, 1.54) is 156 Å². The lowest BCUT2D eigenvalue weighted by Gasteiger charge is -2.19. The number of rotatable bonds is 10. The van der Waals surface area contributed by atoms with E-state index in [1.54, 1.807) is 12.4 Å². The molecule has 0 spiro atoms. The lowest BCUT2D eigenvalue weighted by atomic mass is 9.85. The van der Waals surface area contributed by atoms with Gasteiger partial charge in [0.1, 0.15) is 0 Å². The molecule has 0 fully saturated rings. The van der Waals surface area contributed by atoms with Gasteiger partial charge in [-0.1, -0.05) is 315 Å². The number of nitrogens with zero attached hydrogens (tertiary/aromatic N) is 4. The van der Waals surface area contributed by atoms with Gasteiger partial charge in [0, 0.05) is 76.9 Å². The Balaban J connectivity index is 0.628. The topological polar surface area (TPSA) is 43.6 Å². The molecule has 5 heteroatoms. The van der Waals surface area contributed by atoms with Crippen molar-refractivity contribution in [1.29, 1.82) is 0 Å². The zero-order valence-electron chi connectivity index (χ0n) is 69.3. The van der Waals surface area contributed by atoms with Crippen LogP contribution >= 0.6 is 11.3 Å². The van der Waals surface area contributed by atoms with Crippen molar-refractivity contribution in [2.75, 3.05) is 0 Å². The van der Waals surface area contributed by atoms with Crippen molar-refractivity contribution >= 4 is 183 Å². The second-order valence-corrected chi connectivity index (χ2v) is 35.3. The van der Waals surface area contributed by atoms with Crippen molar-refractivity contribution in [2.45, 2.75) is 0 Å². The highest BCUT2D eigenvalue weighted by Crippen LogP contribution is 2.51. The summed E-state index contributed by atoms with van der Waals surface area (Å²) in [6.07, 6.45) is 5.77. The minimum Gasteiger partial charge on any atom is -0.309 e. The summed E-state index contributed by atoms with van der Waals surface area (Å²) in [5.41, 5.74) is 25.8. The number of para-hydroxylation sites is 2. The molecule has 590 valence electrons. The molecule has 23 aromatic carbocycles. The Morgan fingerprint density at radius 1 is 0.164 bits per heavy atom. The minimum atomic E-state index is 0.897. The van der Waals surface area contributed by atoms with Gasteiger partial charge in [-0.3, -0.25) is 15.0 Å². The van der Waals surface area contributed by atoms with Gasteiger partial charge in [-0.25, -0.2) is 0 Å². The van der Waals surface area contributed by atoms with E-state index in [9.17, 15) is 0 Å². The molecule has 0 atom stereocenters. The molecule has 27 rings (SSSR count). The SMILES string of the molecule is c1ccc(-c2cccc3c2sc2c(-c4cc(-c5cc6c7ccccc7c7ccc(-c8ccc9c%10cc(-c%11cccc(-c%12ccc%13c%14ccccc%14c%14nccnc%14c%13c%12)c%11)ccc%10c%10ccccc%10c9c8)cc7c6cn5)cc(-c5cc6c7ccccc7c7ccccc7c6cc5-c5cccc(-c6ccc7c(c6)c6ccccc6n7-c6ccccc6)c5)c4)cccc23)cc1. The smallest absolute Gasteiger partial charge is 0.0971 e. The molecule has 0 unspecified atom stereocenters. The highest BCUT2D eigenvalue weighted by Gasteiger charge is 2.24. The predicted octanol–water partition coefficient (Wildman–Crippen LogP) is 34.2. The first-order valence-corrected chi connectivity index (χ1v) is 44.8. The van der Waals surface area contributed by atoms with E-state index in [4.69, 9.17) is 15.0 Å². The molecule has 27 aromatic rings. The summed E-state index contributed by atoms with van der Waals surface area (Å²) < 4.78 is 4.93. The molecule has 0 saturated heterocycles. The monoisotopic (exact) mass is 1640 g/mol. The van der Waals surface area contributed by atoms with Crippen LogP contribution < -0.4 is 0 Å². The van der Waals surface area contributed by atoms with Crippen molar-refractivity contribution in [3.63, 3.8) is 0 Å². The van der Waals surface area contributed by atoms with E-state index < -0.39 is 0 Å². The molecule has 0 bridgehead atoms. The predicted molar refractivity (Wildman–Crippen MR) is 546 cm³/mol. The van der Waals surface area contributed by atoms with Crippen LogP contribution in [0.25, 0.3) is 277 Å². The fourth-order valence-corrected chi connectivity index (χ4v) is 22.8. The second kappa shape index (κ2) is 28.5. The largest absolute Gasteiger partial charge is 0.309 e. The summed E-state index contributed by atoms with van der Waals surface area (Å²) >= 11 is 1.90. The molecule has 4 nitrogen and oxygen atoms in total. The minimum absolute atomic E-state index is 0.897. The van der Waals surface area contributed by atoms with E-state index in [0.29, 0.717) is 0 Å². The van der Waals surface area contributed by atoms with E-state index in [-0.39, 0.29) is 0 Å². The van der Waals surface area contributed by atoms with E-state index in [2.05, 4.69) is 429 Å². The average molecular weight is 1640 g/mol. The van der Waals surface area contributed by atoms with Crippen molar-refractivity contribution in [1.82, 2.24) is 19.5 Å². The van der Waals surface area contributed by atoms with Gasteiger partial charge in [0.2, 0.25) is 0 Å². The molecule has 0 N–H and O–H groups in total. The van der Waals surface area contributed by atoms with Crippen LogP contribution in [0, 0.1) is 0 Å². The van der Waals surface area contributed by atoms with Gasteiger partial charge in [0.05, 0.1) is 27.8 Å². The number of fused-ring (bicyclic) bond motifs is 30. The van der Waals surface area contributed by atoms with Crippen molar-refractivity contribution in [3.8, 4) is 106 Å². The number of pyridine rings is 1. The molecule has 0 aliphatic rings. The third kappa shape index (κ3) is 11.2. The van der Waals surface area contributed by atoms with E-state index in [1.807, 2.05) is 11.3 Å². The molecule has 0 amide bonds. The number of thiophene rings is 1. The lowest BCUT2D eigenvalue weighted by molar-refractivity contribution is 1.18. The number of benzene rings is 23. The Labute approximate surface area is 740 Å². The zero-order chi connectivity index (χ0) is 83.8. The van der Waals surface area contributed by atoms with Gasteiger partial charge in [0.15, 0.2) is 0 Å². The van der Waals surface area contributed by atoms with Gasteiger partial charge < -0.3 is 4.57 Å². The Morgan fingerprint density at radius 2 is 0.484 bits per heavy atom. The van der Waals surface area contributed by atoms with Crippen molar-refractivity contribution < 1.29 is 0 Å². The van der Waals surface area contributed by atoms with Crippen LogP contribution in [0.3, 0.4) is 0 Å². The second-order valence-electron chi connectivity index (χ2n) is 34.3. The molecular formula is C123H72N4S. The molecular weight excluding hydrogens is 1570 g/mol. The molecule has 0 aliphatic carbocycles. The molecule has 0 aliphatic heterocycles. The van der Waals surface area contributed by atoms with E-state index >= 15 is 0 Å². The molecule has 128 heavy (non-hydrogen) atoms. The van der Waals surface area contributed by atoms with E-state index in [0.717, 1.165) is 122 Å². The summed E-state index contributed by atoms with van der Waals surface area (Å²) in [6, 6.07) is 157. The Bertz CT molecular complexity index is 9440. The number of hydrogen-bond donors (Lipinski definition) is 0. The van der Waals surface area contributed by atoms with Gasteiger partial charge >= 0.3 is 0 Å². The number of hydrogen-bond acceptors (Lipinski definition) is 4. The summed E-state index contributed by atoms with van der Waals surface area (Å²) in [5.74, 6) is 0. The molecule has 0 radical (unpaired) electrons. The summed E-state index contributed by atoms with van der Waals surface area (Å²) in [6.45, 7) is 0. The van der Waals surface area contributed by atoms with Gasteiger partial charge in [-0.05, 0) is 294 Å². The van der Waals surface area contributed by atoms with Gasteiger partial charge in [-0.15, -0.1) is 11.3 Å². The van der Waals surface area contributed by atoms with Crippen LogP contribution in [-0.2, 0) is 0 Å². The third-order valence-electron chi connectivity index (χ3n) is 27.4. The molecule has 0 saturated carbocycles. The van der Waals surface area contributed by atoms with Crippen LogP contribution in [0.2, 0.25) is 0 Å². The highest BCUT2D eigenvalue weighted by molar-refractivity contribution is 7.27. The van der Waals surface area contributed by atoms with Crippen molar-refractivity contribution in [2.24, 2.45) is 0 Å². The Morgan fingerprint density at radius 3 is 1.03 bits per heavy atom. The number of aromatic nitrogens is 4. The average Bonchev–Trinajstić information content (AvgIpc) is 1.34. The fourth-order valence-electron chi connectivity index (χ4n) is 21.5. The third-order valence-corrected chi connectivity index (χ3v) is 28.7. The highest BCUT2D eigenvalue weighted by atomic mass is 32.1. The van der Waals surface area contributed by atoms with Crippen LogP contribution in [0.15, 0.2) is 437 Å². The fraction of sp³-hybridized carbons (Fsp3) is 0. The molecule has 4 heterocycles. The quantitative estimate of drug-likeness (QED) is 0.128. The summed E-state index contributed by atoms with van der Waals surface area (Å²) in [5, 5.41) is 31.2. The Kier molecular flexibility index (Phi) is 16.0. The van der Waals surface area contributed by atoms with Crippen LogP contribution in [0.1, 0.15) is 0 Å². The van der Waals surface area contributed by atoms with Gasteiger partial charge in [0.25, 0.3) is 0 Å². The first kappa shape index (κ1) is 71.9. The summed E-state index contributed by atoms with van der Waals surface area (Å²) in [7, 11) is 0. The van der Waals surface area contributed by atoms with Crippen LogP contribution in [0.4, 0.5) is 0 Å².